The molecule has 1 saturated heterocycles. The summed E-state index contributed by atoms with van der Waals surface area (Å²) in [6.45, 7) is 3.25. The van der Waals surface area contributed by atoms with Gasteiger partial charge in [-0.15, -0.1) is 0 Å². The number of ether oxygens (including phenoxy) is 6. The number of aliphatic hydroxyl groups is 3. The van der Waals surface area contributed by atoms with Gasteiger partial charge in [0.2, 0.25) is 18.1 Å². The number of aryl methyl sites for hydroxylation is 1. The Morgan fingerprint density at radius 1 is 0.824 bits per heavy atom. The number of hydrogen-bond donors (Lipinski definition) is 6. The van der Waals surface area contributed by atoms with E-state index < -0.39 is 42.8 Å². The normalized spacial score (nSPS) is 20.0. The Labute approximate surface area is 311 Å². The zero-order chi connectivity index (χ0) is 37.6. The van der Waals surface area contributed by atoms with E-state index in [0.29, 0.717) is 82.0 Å². The number of carbonyl (C=O) groups excluding carboxylic acids is 3. The smallest absolute Gasteiger partial charge is 0.409 e. The summed E-state index contributed by atoms with van der Waals surface area (Å²) >= 11 is 2.01. The van der Waals surface area contributed by atoms with Crippen molar-refractivity contribution in [1.29, 1.82) is 0 Å². The topological polar surface area (TPSA) is 232 Å². The molecule has 3 amide bonds. The molecule has 0 spiro atoms. The highest BCUT2D eigenvalue weighted by Crippen LogP contribution is 2.28. The van der Waals surface area contributed by atoms with Crippen molar-refractivity contribution in [3.05, 3.63) is 29.3 Å². The molecule has 1 aliphatic heterocycles. The number of amides is 3. The van der Waals surface area contributed by atoms with Gasteiger partial charge in [0.25, 0.3) is 0 Å². The van der Waals surface area contributed by atoms with Gasteiger partial charge < -0.3 is 64.4 Å². The number of carboxylic acids is 1. The van der Waals surface area contributed by atoms with Gasteiger partial charge in [-0.1, -0.05) is 35.1 Å². The number of carboxylic acid groups (broad SMARTS) is 1. The second kappa shape index (κ2) is 25.2. The van der Waals surface area contributed by atoms with Crippen LogP contribution in [0.4, 0.5) is 4.79 Å². The molecular weight excluding hydrogens is 789 g/mol. The van der Waals surface area contributed by atoms with Crippen LogP contribution in [0.5, 0.6) is 5.75 Å². The largest absolute Gasteiger partial charge is 0.479 e. The molecule has 1 heterocycles. The first-order chi connectivity index (χ1) is 24.4. The van der Waals surface area contributed by atoms with Crippen LogP contribution in [0, 0.1) is 0 Å². The molecule has 1 aromatic rings. The minimum atomic E-state index is -1.86. The quantitative estimate of drug-likeness (QED) is 0.0444. The van der Waals surface area contributed by atoms with Gasteiger partial charge in [-0.05, 0) is 43.4 Å². The van der Waals surface area contributed by atoms with Crippen LogP contribution in [0.2, 0.25) is 0 Å². The fraction of sp³-hybridized carbons (Fsp3) is 0.697. The second-order valence-corrected chi connectivity index (χ2v) is 12.6. The molecule has 0 radical (unpaired) electrons. The fourth-order valence-corrected chi connectivity index (χ4v) is 4.96. The van der Waals surface area contributed by atoms with Gasteiger partial charge in [0.1, 0.15) is 30.7 Å². The fourth-order valence-electron chi connectivity index (χ4n) is 4.69. The van der Waals surface area contributed by atoms with Crippen molar-refractivity contribution in [1.82, 2.24) is 15.5 Å². The van der Waals surface area contributed by atoms with Gasteiger partial charge in [0.05, 0.1) is 37.5 Å². The van der Waals surface area contributed by atoms with Gasteiger partial charge in [0, 0.05) is 45.8 Å². The molecule has 0 unspecified atom stereocenters. The number of nitrogens with zero attached hydrogens (tertiary/aromatic N) is 1. The van der Waals surface area contributed by atoms with Crippen LogP contribution in [0.15, 0.2) is 18.2 Å². The number of nitrogens with one attached hydrogen (secondary N) is 2. The summed E-state index contributed by atoms with van der Waals surface area (Å²) in [6, 6.07) is 5.04. The molecule has 290 valence electrons. The number of unbranched alkanes of at least 4 members (excludes halogenated alkanes) is 2. The lowest BCUT2D eigenvalue weighted by atomic mass is 9.99. The van der Waals surface area contributed by atoms with Crippen molar-refractivity contribution < 1.29 is 68.0 Å². The number of hydrogen-bond acceptors (Lipinski definition) is 13. The lowest BCUT2D eigenvalue weighted by Gasteiger charge is -2.38. The maximum atomic E-state index is 12.1. The van der Waals surface area contributed by atoms with E-state index in [1.165, 1.54) is 19.0 Å². The Balaban J connectivity index is 1.63. The van der Waals surface area contributed by atoms with Crippen LogP contribution in [0.1, 0.15) is 43.2 Å². The molecule has 51 heavy (non-hydrogen) atoms. The number of benzene rings is 1. The molecule has 0 bridgehead atoms. The zero-order valence-electron chi connectivity index (χ0n) is 29.1. The predicted octanol–water partition coefficient (Wildman–Crippen LogP) is 0.366. The lowest BCUT2D eigenvalue weighted by Crippen LogP contribution is -2.61. The Kier molecular flexibility index (Phi) is 21.9. The summed E-state index contributed by atoms with van der Waals surface area (Å²) < 4.78 is 33.3. The second-order valence-electron chi connectivity index (χ2n) is 11.8. The van der Waals surface area contributed by atoms with Crippen LogP contribution in [-0.4, -0.2) is 151 Å². The van der Waals surface area contributed by atoms with E-state index >= 15 is 0 Å². The predicted molar refractivity (Wildman–Crippen MR) is 189 cm³/mol. The van der Waals surface area contributed by atoms with Gasteiger partial charge in [-0.3, -0.25) is 9.59 Å². The third kappa shape index (κ3) is 17.5. The third-order valence-corrected chi connectivity index (χ3v) is 8.18. The maximum absolute atomic E-state index is 12.1. The van der Waals surface area contributed by atoms with Gasteiger partial charge in [-0.2, -0.15) is 0 Å². The Morgan fingerprint density at radius 3 is 2.16 bits per heavy atom. The molecule has 6 N–H and O–H groups in total. The van der Waals surface area contributed by atoms with Crippen LogP contribution in [0.25, 0.3) is 0 Å². The molecule has 18 heteroatoms. The Hall–Kier alpha value is -2.85. The molecule has 0 saturated carbocycles. The highest BCUT2D eigenvalue weighted by Gasteiger charge is 2.48. The number of carbonyl (C=O) groups is 4. The van der Waals surface area contributed by atoms with Crippen molar-refractivity contribution >= 4 is 46.5 Å². The molecule has 1 aromatic carbocycles. The van der Waals surface area contributed by atoms with Crippen molar-refractivity contribution in [2.45, 2.75) is 75.8 Å². The van der Waals surface area contributed by atoms with Crippen LogP contribution in [-0.2, 0) is 51.1 Å². The molecule has 5 atom stereocenters. The van der Waals surface area contributed by atoms with Crippen molar-refractivity contribution in [2.75, 3.05) is 71.3 Å². The minimum Gasteiger partial charge on any atom is -0.479 e. The minimum absolute atomic E-state index is 0.0215. The zero-order valence-corrected chi connectivity index (χ0v) is 31.3. The molecule has 17 nitrogen and oxygen atoms in total. The summed E-state index contributed by atoms with van der Waals surface area (Å²) in [5.74, 6) is -1.41. The van der Waals surface area contributed by atoms with E-state index in [4.69, 9.17) is 28.4 Å². The summed E-state index contributed by atoms with van der Waals surface area (Å²) in [7, 11) is 3.05. The van der Waals surface area contributed by atoms with E-state index in [1.54, 1.807) is 18.2 Å². The molecule has 1 fully saturated rings. The van der Waals surface area contributed by atoms with E-state index in [9.17, 15) is 39.6 Å². The average molecular weight is 842 g/mol. The van der Waals surface area contributed by atoms with E-state index in [-0.39, 0.29) is 24.2 Å². The van der Waals surface area contributed by atoms with Crippen LogP contribution in [0.3, 0.4) is 0 Å². The lowest BCUT2D eigenvalue weighted by molar-refractivity contribution is -0.271. The highest BCUT2D eigenvalue weighted by atomic mass is 127. The summed E-state index contributed by atoms with van der Waals surface area (Å²) in [5.41, 5.74) is 1.27. The van der Waals surface area contributed by atoms with E-state index in [2.05, 4.69) is 10.6 Å². The van der Waals surface area contributed by atoms with Gasteiger partial charge in [-0.25, -0.2) is 9.59 Å². The highest BCUT2D eigenvalue weighted by molar-refractivity contribution is 14.1. The Bertz CT molecular complexity index is 1210. The molecule has 0 aromatic heterocycles. The van der Waals surface area contributed by atoms with Crippen molar-refractivity contribution in [2.24, 2.45) is 0 Å². The number of aliphatic hydroxyl groups excluding tert-OH is 3. The van der Waals surface area contributed by atoms with E-state index in [1.807, 2.05) is 22.6 Å². The van der Waals surface area contributed by atoms with Crippen molar-refractivity contribution in [3.8, 4) is 5.75 Å². The summed E-state index contributed by atoms with van der Waals surface area (Å²) in [4.78, 5) is 47.8. The maximum Gasteiger partial charge on any atom is 0.409 e. The number of halogens is 1. The average Bonchev–Trinajstić information content (AvgIpc) is 3.10. The monoisotopic (exact) mass is 841 g/mol. The van der Waals surface area contributed by atoms with E-state index in [0.717, 1.165) is 24.8 Å². The van der Waals surface area contributed by atoms with Gasteiger partial charge >= 0.3 is 12.1 Å². The molecular formula is C33H52IN3O14. The SMILES string of the molecule is CN(C)C(=O)OCc1cc(CCCOCCOCCOCCNC(=O)CCCCCNC(=O)CI)ccc1O[C@@H]1O[C@H](C(=O)O)[C@@H](O)[C@H](O)[C@H]1O. The number of rotatable bonds is 25. The van der Waals surface area contributed by atoms with Gasteiger partial charge in [0.15, 0.2) is 6.10 Å². The first-order valence-corrected chi connectivity index (χ1v) is 18.3. The van der Waals surface area contributed by atoms with Crippen molar-refractivity contribution in [3.63, 3.8) is 0 Å². The number of alkyl halides is 1. The van der Waals surface area contributed by atoms with Crippen LogP contribution < -0.4 is 15.4 Å². The molecule has 2 rings (SSSR count). The summed E-state index contributed by atoms with van der Waals surface area (Å²) in [5, 5.41) is 45.4. The number of aliphatic carboxylic acids is 1. The first kappa shape index (κ1) is 44.3. The van der Waals surface area contributed by atoms with Crippen LogP contribution >= 0.6 is 22.6 Å². The molecule has 0 aliphatic carbocycles. The molecule has 1 aliphatic rings. The Morgan fingerprint density at radius 2 is 1.49 bits per heavy atom. The third-order valence-electron chi connectivity index (χ3n) is 7.49. The summed E-state index contributed by atoms with van der Waals surface area (Å²) in [6.07, 6.45) is -5.28. The first-order valence-electron chi connectivity index (χ1n) is 16.8. The standard InChI is InChI=1S/C33H52IN3O14/c1-37(2)33(45)49-21-23-19-22(9-10-24(23)50-32-29(42)27(40)28(41)30(51-32)31(43)44)7-6-13-46-15-17-48-18-16-47-14-12-36-25(38)8-4-3-5-11-35-26(39)20-34/h9-10,19,27-30,32,40-42H,3-8,11-18,20-21H2,1-2H3,(H,35,39)(H,36,38)(H,43,44)/t27-,28-,29+,30-,32+/m0/s1.